The van der Waals surface area contributed by atoms with E-state index in [0.717, 1.165) is 12.0 Å². The lowest BCUT2D eigenvalue weighted by Gasteiger charge is -2.32. The van der Waals surface area contributed by atoms with Crippen LogP contribution in [0.3, 0.4) is 0 Å². The fourth-order valence-corrected chi connectivity index (χ4v) is 3.04. The minimum absolute atomic E-state index is 0.100. The van der Waals surface area contributed by atoms with Crippen LogP contribution >= 0.6 is 0 Å². The van der Waals surface area contributed by atoms with Gasteiger partial charge in [-0.1, -0.05) is 50.6 Å². The van der Waals surface area contributed by atoms with Gasteiger partial charge < -0.3 is 15.3 Å². The minimum atomic E-state index is -0.479. The third-order valence-electron chi connectivity index (χ3n) is 4.63. The van der Waals surface area contributed by atoms with Crippen molar-refractivity contribution in [2.45, 2.75) is 38.3 Å². The second-order valence-corrected chi connectivity index (χ2v) is 6.02. The quantitative estimate of drug-likeness (QED) is 0.866. The van der Waals surface area contributed by atoms with Crippen LogP contribution in [0.15, 0.2) is 30.3 Å². The summed E-state index contributed by atoms with van der Waals surface area (Å²) < 4.78 is 0. The number of nitrogens with one attached hydrogen (secondary N) is 1. The molecule has 1 heterocycles. The topological polar surface area (TPSA) is 52.6 Å². The average molecular weight is 290 g/mol. The molecule has 1 saturated heterocycles. The molecular weight excluding hydrogens is 264 g/mol. The van der Waals surface area contributed by atoms with Crippen molar-refractivity contribution in [3.05, 3.63) is 35.9 Å². The molecule has 1 aromatic rings. The Morgan fingerprint density at radius 1 is 1.38 bits per heavy atom. The Bertz CT molecular complexity index is 463. The number of benzene rings is 1. The van der Waals surface area contributed by atoms with Crippen molar-refractivity contribution >= 4 is 5.91 Å². The Kier molecular flexibility index (Phi) is 5.37. The van der Waals surface area contributed by atoms with Crippen LogP contribution in [0.5, 0.6) is 0 Å². The number of amides is 1. The van der Waals surface area contributed by atoms with Gasteiger partial charge in [-0.15, -0.1) is 0 Å². The van der Waals surface area contributed by atoms with E-state index in [4.69, 9.17) is 0 Å². The van der Waals surface area contributed by atoms with Crippen LogP contribution in [0.2, 0.25) is 0 Å². The molecule has 1 fully saturated rings. The van der Waals surface area contributed by atoms with E-state index in [9.17, 15) is 9.90 Å². The van der Waals surface area contributed by atoms with E-state index < -0.39 is 6.10 Å². The molecule has 1 aliphatic rings. The summed E-state index contributed by atoms with van der Waals surface area (Å²) in [6.45, 7) is 5.44. The van der Waals surface area contributed by atoms with Gasteiger partial charge in [-0.2, -0.15) is 0 Å². The molecule has 4 atom stereocenters. The highest BCUT2D eigenvalue weighted by atomic mass is 16.3. The number of β-amino-alcohol motifs (C(OH)–C–C–N with tert-alkyl or cyclic N) is 1. The molecule has 0 spiro atoms. The molecule has 2 unspecified atom stereocenters. The average Bonchev–Trinajstić information content (AvgIpc) is 2.93. The first kappa shape index (κ1) is 16.0. The third kappa shape index (κ3) is 3.44. The minimum Gasteiger partial charge on any atom is -0.390 e. The molecule has 21 heavy (non-hydrogen) atoms. The van der Waals surface area contributed by atoms with E-state index >= 15 is 0 Å². The van der Waals surface area contributed by atoms with Crippen LogP contribution in [0.4, 0.5) is 0 Å². The summed E-state index contributed by atoms with van der Waals surface area (Å²) in [4.78, 5) is 14.7. The maximum absolute atomic E-state index is 13.0. The molecule has 0 radical (unpaired) electrons. The molecule has 0 bridgehead atoms. The number of likely N-dealkylation sites (N-methyl/N-ethyl adjacent to an activating group) is 1. The first-order chi connectivity index (χ1) is 10.1. The van der Waals surface area contributed by atoms with Crippen LogP contribution in [0.25, 0.3) is 0 Å². The zero-order valence-corrected chi connectivity index (χ0v) is 13.1. The fraction of sp³-hybridized carbons (Fsp3) is 0.588. The largest absolute Gasteiger partial charge is 0.390 e. The highest BCUT2D eigenvalue weighted by Crippen LogP contribution is 2.29. The molecule has 1 aliphatic heterocycles. The second kappa shape index (κ2) is 7.05. The molecule has 4 heteroatoms. The molecule has 4 nitrogen and oxygen atoms in total. The van der Waals surface area contributed by atoms with E-state index in [1.54, 1.807) is 4.90 Å². The Balaban J connectivity index is 2.22. The molecule has 0 aliphatic carbocycles. The molecule has 0 saturated carbocycles. The van der Waals surface area contributed by atoms with E-state index in [1.807, 2.05) is 37.4 Å². The lowest BCUT2D eigenvalue weighted by Crippen LogP contribution is -2.47. The van der Waals surface area contributed by atoms with Gasteiger partial charge in [0.2, 0.25) is 5.91 Å². The second-order valence-electron chi connectivity index (χ2n) is 6.02. The normalized spacial score (nSPS) is 24.6. The highest BCUT2D eigenvalue weighted by molar-refractivity contribution is 5.84. The first-order valence-electron chi connectivity index (χ1n) is 7.76. The van der Waals surface area contributed by atoms with Crippen molar-refractivity contribution in [2.24, 2.45) is 5.92 Å². The van der Waals surface area contributed by atoms with Crippen molar-refractivity contribution in [3.63, 3.8) is 0 Å². The van der Waals surface area contributed by atoms with Crippen LogP contribution in [-0.2, 0) is 4.79 Å². The van der Waals surface area contributed by atoms with Gasteiger partial charge in [0.25, 0.3) is 0 Å². The number of rotatable bonds is 5. The molecule has 2 N–H and O–H groups in total. The predicted octanol–water partition coefficient (Wildman–Crippen LogP) is 1.61. The smallest absolute Gasteiger partial charge is 0.230 e. The predicted molar refractivity (Wildman–Crippen MR) is 84.1 cm³/mol. The SMILES string of the molecule is CCC(C)C(C(=O)N(C)[C@@H]1CNC[C@H]1O)c1ccccc1. The fourth-order valence-electron chi connectivity index (χ4n) is 3.04. The summed E-state index contributed by atoms with van der Waals surface area (Å²) in [5.41, 5.74) is 1.06. The number of hydrogen-bond acceptors (Lipinski definition) is 3. The van der Waals surface area contributed by atoms with Gasteiger partial charge in [0.05, 0.1) is 18.1 Å². The Labute approximate surface area is 127 Å². The van der Waals surface area contributed by atoms with Crippen molar-refractivity contribution in [3.8, 4) is 0 Å². The van der Waals surface area contributed by atoms with Crippen molar-refractivity contribution in [1.82, 2.24) is 10.2 Å². The number of hydrogen-bond donors (Lipinski definition) is 2. The zero-order valence-electron chi connectivity index (χ0n) is 13.1. The Morgan fingerprint density at radius 2 is 2.05 bits per heavy atom. The lowest BCUT2D eigenvalue weighted by molar-refractivity contribution is -0.136. The van der Waals surface area contributed by atoms with Gasteiger partial charge in [0, 0.05) is 20.1 Å². The Morgan fingerprint density at radius 3 is 2.57 bits per heavy atom. The number of aliphatic hydroxyl groups excluding tert-OH is 1. The van der Waals surface area contributed by atoms with Crippen LogP contribution in [0.1, 0.15) is 31.7 Å². The monoisotopic (exact) mass is 290 g/mol. The van der Waals surface area contributed by atoms with Gasteiger partial charge >= 0.3 is 0 Å². The van der Waals surface area contributed by atoms with Crippen LogP contribution < -0.4 is 5.32 Å². The maximum atomic E-state index is 13.0. The standard InChI is InChI=1S/C17H26N2O2/c1-4-12(2)16(13-8-6-5-7-9-13)17(21)19(3)14-10-18-11-15(14)20/h5-9,12,14-16,18,20H,4,10-11H2,1-3H3/t12?,14-,15-,16?/m1/s1. The summed E-state index contributed by atoms with van der Waals surface area (Å²) in [5, 5.41) is 13.1. The van der Waals surface area contributed by atoms with Gasteiger partial charge in [0.15, 0.2) is 0 Å². The summed E-state index contributed by atoms with van der Waals surface area (Å²) in [7, 11) is 1.81. The van der Waals surface area contributed by atoms with E-state index in [0.29, 0.717) is 13.1 Å². The van der Waals surface area contributed by atoms with Gasteiger partial charge in [0.1, 0.15) is 0 Å². The van der Waals surface area contributed by atoms with Gasteiger partial charge in [-0.3, -0.25) is 4.79 Å². The summed E-state index contributed by atoms with van der Waals surface area (Å²) in [6, 6.07) is 9.83. The molecule has 116 valence electrons. The summed E-state index contributed by atoms with van der Waals surface area (Å²) in [6.07, 6.45) is 0.470. The van der Waals surface area contributed by atoms with Crippen LogP contribution in [-0.4, -0.2) is 48.2 Å². The van der Waals surface area contributed by atoms with Crippen molar-refractivity contribution < 1.29 is 9.90 Å². The summed E-state index contributed by atoms with van der Waals surface area (Å²) in [5.74, 6) is 0.228. The lowest BCUT2D eigenvalue weighted by atomic mass is 9.84. The molecule has 2 rings (SSSR count). The number of carbonyl (C=O) groups excluding carboxylic acids is 1. The molecule has 1 aromatic carbocycles. The van der Waals surface area contributed by atoms with Crippen LogP contribution in [0, 0.1) is 5.92 Å². The van der Waals surface area contributed by atoms with Gasteiger partial charge in [-0.25, -0.2) is 0 Å². The van der Waals surface area contributed by atoms with Crippen molar-refractivity contribution in [1.29, 1.82) is 0 Å². The number of aliphatic hydroxyl groups is 1. The summed E-state index contributed by atoms with van der Waals surface area (Å²) >= 11 is 0. The number of carbonyl (C=O) groups is 1. The Hall–Kier alpha value is -1.39. The first-order valence-corrected chi connectivity index (χ1v) is 7.76. The van der Waals surface area contributed by atoms with Gasteiger partial charge in [-0.05, 0) is 11.5 Å². The van der Waals surface area contributed by atoms with E-state index in [2.05, 4.69) is 19.2 Å². The molecule has 1 amide bonds. The maximum Gasteiger partial charge on any atom is 0.230 e. The van der Waals surface area contributed by atoms with Crippen molar-refractivity contribution in [2.75, 3.05) is 20.1 Å². The van der Waals surface area contributed by atoms with E-state index in [1.165, 1.54) is 0 Å². The molecular formula is C17H26N2O2. The third-order valence-corrected chi connectivity index (χ3v) is 4.63. The molecule has 0 aromatic heterocycles. The number of nitrogens with zero attached hydrogens (tertiary/aromatic N) is 1. The zero-order chi connectivity index (χ0) is 15.4. The highest BCUT2D eigenvalue weighted by Gasteiger charge is 2.36. The van der Waals surface area contributed by atoms with E-state index in [-0.39, 0.29) is 23.8 Å².